The Morgan fingerprint density at radius 3 is 2.07 bits per heavy atom. The first-order valence-corrected chi connectivity index (χ1v) is 11.1. The van der Waals surface area contributed by atoms with Gasteiger partial charge in [0.1, 0.15) is 0 Å². The van der Waals surface area contributed by atoms with E-state index in [0.717, 1.165) is 17.7 Å². The summed E-state index contributed by atoms with van der Waals surface area (Å²) in [6.45, 7) is 13.8. The number of rotatable bonds is 5. The average molecular weight is 404 g/mol. The maximum Gasteiger partial charge on any atom is 0.0674 e. The maximum atomic E-state index is 4.56. The molecule has 0 aromatic heterocycles. The van der Waals surface area contributed by atoms with Crippen molar-refractivity contribution in [2.45, 2.75) is 71.6 Å². The quantitative estimate of drug-likeness (QED) is 0.413. The lowest BCUT2D eigenvalue weighted by atomic mass is 9.62. The minimum Gasteiger partial charge on any atom is -0.378 e. The standard InChI is InChI=1S/C27H37N3/c1-9-21-16-24-25(27(5,6)15-14-26(24,3)4)17-23(21)19(2)29-28-18-20-10-12-22(13-11-20)30(7)8/h10-13,16-18H,9,14-15H2,1-8H3/b28-18+,29-19+. The van der Waals surface area contributed by atoms with Crippen molar-refractivity contribution in [2.75, 3.05) is 19.0 Å². The number of aryl methyl sites for hydroxylation is 1. The van der Waals surface area contributed by atoms with Crippen molar-refractivity contribution in [3.05, 3.63) is 64.2 Å². The van der Waals surface area contributed by atoms with Crippen LogP contribution in [0.25, 0.3) is 0 Å². The second-order valence-corrected chi connectivity index (χ2v) is 10.1. The molecule has 0 atom stereocenters. The number of nitrogens with zero attached hydrogens (tertiary/aromatic N) is 3. The molecule has 2 aromatic rings. The lowest BCUT2D eigenvalue weighted by Gasteiger charge is -2.42. The van der Waals surface area contributed by atoms with Gasteiger partial charge in [-0.15, -0.1) is 0 Å². The van der Waals surface area contributed by atoms with E-state index in [2.05, 4.69) is 93.0 Å². The van der Waals surface area contributed by atoms with E-state index in [0.29, 0.717) is 0 Å². The fourth-order valence-electron chi connectivity index (χ4n) is 4.38. The van der Waals surface area contributed by atoms with Crippen molar-refractivity contribution in [1.82, 2.24) is 0 Å². The van der Waals surface area contributed by atoms with Gasteiger partial charge in [0.2, 0.25) is 0 Å². The molecule has 3 nitrogen and oxygen atoms in total. The summed E-state index contributed by atoms with van der Waals surface area (Å²) in [4.78, 5) is 2.09. The van der Waals surface area contributed by atoms with Crippen molar-refractivity contribution in [2.24, 2.45) is 10.2 Å². The minimum atomic E-state index is 0.198. The first-order chi connectivity index (χ1) is 14.0. The van der Waals surface area contributed by atoms with Gasteiger partial charge in [-0.2, -0.15) is 10.2 Å². The van der Waals surface area contributed by atoms with Gasteiger partial charge in [0.15, 0.2) is 0 Å². The zero-order valence-corrected chi connectivity index (χ0v) is 20.0. The summed E-state index contributed by atoms with van der Waals surface area (Å²) in [5.41, 5.74) is 9.24. The predicted octanol–water partition coefficient (Wildman–Crippen LogP) is 6.51. The number of benzene rings is 2. The Hall–Kier alpha value is -2.42. The van der Waals surface area contributed by atoms with Crippen LogP contribution in [0.1, 0.15) is 82.2 Å². The van der Waals surface area contributed by atoms with Crippen LogP contribution in [0, 0.1) is 0 Å². The molecule has 0 spiro atoms. The summed E-state index contributed by atoms with van der Waals surface area (Å²) in [7, 11) is 4.09. The Labute approximate surface area is 182 Å². The molecule has 160 valence electrons. The monoisotopic (exact) mass is 403 g/mol. The largest absolute Gasteiger partial charge is 0.378 e. The lowest BCUT2D eigenvalue weighted by molar-refractivity contribution is 0.331. The maximum absolute atomic E-state index is 4.56. The zero-order chi connectivity index (χ0) is 22.1. The van der Waals surface area contributed by atoms with Crippen LogP contribution in [0.15, 0.2) is 46.6 Å². The smallest absolute Gasteiger partial charge is 0.0674 e. The average Bonchev–Trinajstić information content (AvgIpc) is 2.71. The first kappa shape index (κ1) is 22.3. The lowest BCUT2D eigenvalue weighted by Crippen LogP contribution is -2.34. The number of anilines is 1. The zero-order valence-electron chi connectivity index (χ0n) is 20.0. The van der Waals surface area contributed by atoms with E-state index in [-0.39, 0.29) is 10.8 Å². The van der Waals surface area contributed by atoms with Crippen molar-refractivity contribution in [1.29, 1.82) is 0 Å². The van der Waals surface area contributed by atoms with Crippen molar-refractivity contribution in [3.63, 3.8) is 0 Å². The van der Waals surface area contributed by atoms with Crippen LogP contribution in [0.2, 0.25) is 0 Å². The molecule has 30 heavy (non-hydrogen) atoms. The van der Waals surface area contributed by atoms with Gasteiger partial charge in [-0.3, -0.25) is 0 Å². The first-order valence-electron chi connectivity index (χ1n) is 11.1. The van der Waals surface area contributed by atoms with Crippen LogP contribution in [0.5, 0.6) is 0 Å². The van der Waals surface area contributed by atoms with Crippen LogP contribution in [-0.2, 0) is 17.3 Å². The Bertz CT molecular complexity index is 960. The normalized spacial score (nSPS) is 17.8. The fraction of sp³-hybridized carbons (Fsp3) is 0.481. The second kappa shape index (κ2) is 8.37. The van der Waals surface area contributed by atoms with Crippen LogP contribution in [0.4, 0.5) is 5.69 Å². The molecule has 1 aliphatic rings. The SMILES string of the molecule is CCc1cc2c(cc1/C(C)=N/N=C/c1ccc(N(C)C)cc1)C(C)(C)CCC2(C)C. The van der Waals surface area contributed by atoms with Crippen LogP contribution >= 0.6 is 0 Å². The molecule has 0 aliphatic heterocycles. The van der Waals surface area contributed by atoms with Gasteiger partial charge in [0.25, 0.3) is 0 Å². The van der Waals surface area contributed by atoms with Crippen LogP contribution in [0.3, 0.4) is 0 Å². The molecular weight excluding hydrogens is 366 g/mol. The molecule has 0 fully saturated rings. The van der Waals surface area contributed by atoms with E-state index in [4.69, 9.17) is 0 Å². The van der Waals surface area contributed by atoms with E-state index in [1.165, 1.54) is 40.8 Å². The van der Waals surface area contributed by atoms with Crippen molar-refractivity contribution >= 4 is 17.6 Å². The van der Waals surface area contributed by atoms with Crippen molar-refractivity contribution in [3.8, 4) is 0 Å². The summed E-state index contributed by atoms with van der Waals surface area (Å²) in [6.07, 6.45) is 5.29. The third kappa shape index (κ3) is 4.50. The highest BCUT2D eigenvalue weighted by atomic mass is 15.2. The van der Waals surface area contributed by atoms with E-state index < -0.39 is 0 Å². The predicted molar refractivity (Wildman–Crippen MR) is 132 cm³/mol. The van der Waals surface area contributed by atoms with Gasteiger partial charge < -0.3 is 4.90 Å². The van der Waals surface area contributed by atoms with Crippen LogP contribution in [-0.4, -0.2) is 26.0 Å². The highest BCUT2D eigenvalue weighted by molar-refractivity contribution is 6.00. The third-order valence-corrected chi connectivity index (χ3v) is 6.67. The van der Waals surface area contributed by atoms with E-state index in [1.807, 2.05) is 20.3 Å². The minimum absolute atomic E-state index is 0.198. The number of fused-ring (bicyclic) bond motifs is 1. The molecule has 0 unspecified atom stereocenters. The molecule has 0 N–H and O–H groups in total. The topological polar surface area (TPSA) is 28.0 Å². The van der Waals surface area contributed by atoms with E-state index in [1.54, 1.807) is 0 Å². The second-order valence-electron chi connectivity index (χ2n) is 10.1. The summed E-state index contributed by atoms with van der Waals surface area (Å²) in [5.74, 6) is 0. The van der Waals surface area contributed by atoms with Gasteiger partial charge in [-0.1, -0.05) is 52.8 Å². The Morgan fingerprint density at radius 2 is 1.53 bits per heavy atom. The fourth-order valence-corrected chi connectivity index (χ4v) is 4.38. The molecule has 3 rings (SSSR count). The van der Waals surface area contributed by atoms with Gasteiger partial charge in [0.05, 0.1) is 11.9 Å². The summed E-state index contributed by atoms with van der Waals surface area (Å²) in [6, 6.07) is 13.2. The molecule has 1 aliphatic carbocycles. The molecule has 3 heteroatoms. The highest BCUT2D eigenvalue weighted by Gasteiger charge is 2.37. The van der Waals surface area contributed by atoms with E-state index >= 15 is 0 Å². The van der Waals surface area contributed by atoms with Crippen molar-refractivity contribution < 1.29 is 0 Å². The molecular formula is C27H37N3. The Kier molecular flexibility index (Phi) is 6.21. The third-order valence-electron chi connectivity index (χ3n) is 6.67. The summed E-state index contributed by atoms with van der Waals surface area (Å²) in [5, 5.41) is 8.96. The molecule has 0 amide bonds. The number of hydrogen-bond acceptors (Lipinski definition) is 3. The summed E-state index contributed by atoms with van der Waals surface area (Å²) < 4.78 is 0. The Balaban J connectivity index is 1.94. The van der Waals surface area contributed by atoms with Gasteiger partial charge in [-0.25, -0.2) is 0 Å². The molecule has 0 saturated carbocycles. The molecule has 0 saturated heterocycles. The molecule has 0 radical (unpaired) electrons. The van der Waals surface area contributed by atoms with Gasteiger partial charge >= 0.3 is 0 Å². The molecule has 0 bridgehead atoms. The summed E-state index contributed by atoms with van der Waals surface area (Å²) >= 11 is 0. The van der Waals surface area contributed by atoms with E-state index in [9.17, 15) is 0 Å². The highest BCUT2D eigenvalue weighted by Crippen LogP contribution is 2.46. The van der Waals surface area contributed by atoms with Crippen LogP contribution < -0.4 is 4.90 Å². The van der Waals surface area contributed by atoms with Gasteiger partial charge in [0, 0.05) is 25.3 Å². The molecule has 2 aromatic carbocycles. The molecule has 0 heterocycles. The van der Waals surface area contributed by atoms with Gasteiger partial charge in [-0.05, 0) is 77.5 Å². The number of hydrogen-bond donors (Lipinski definition) is 0. The Morgan fingerprint density at radius 1 is 0.967 bits per heavy atom.